The summed E-state index contributed by atoms with van der Waals surface area (Å²) in [5, 5.41) is 11.7. The Balaban J connectivity index is 3.20. The normalized spacial score (nSPS) is 12.0. The average Bonchev–Trinajstić information content (AvgIpc) is 2.27. The summed E-state index contributed by atoms with van der Waals surface area (Å²) < 4.78 is 37.5. The number of carboxylic acids is 1. The molecule has 0 heterocycles. The number of carboxylic acid groups (broad SMARTS) is 1. The summed E-state index contributed by atoms with van der Waals surface area (Å²) in [6.45, 7) is 0.440. The Bertz CT molecular complexity index is 467. The average molecular weight is 259 g/mol. The zero-order valence-corrected chi connectivity index (χ0v) is 9.58. The molecule has 1 rings (SSSR count). The number of benzene rings is 1. The molecule has 0 unspecified atom stereocenters. The van der Waals surface area contributed by atoms with Gasteiger partial charge in [0.2, 0.25) is 0 Å². The lowest BCUT2D eigenvalue weighted by Gasteiger charge is -2.09. The van der Waals surface area contributed by atoms with E-state index in [1.54, 1.807) is 13.1 Å². The van der Waals surface area contributed by atoms with Crippen LogP contribution in [0.3, 0.4) is 0 Å². The molecule has 0 saturated carbocycles. The molecule has 0 aromatic heterocycles. The van der Waals surface area contributed by atoms with Gasteiger partial charge in [-0.15, -0.1) is 0 Å². The lowest BCUT2D eigenvalue weighted by atomic mass is 10.0. The molecule has 0 radical (unpaired) electrons. The van der Waals surface area contributed by atoms with Gasteiger partial charge in [-0.3, -0.25) is 0 Å². The number of hydrogen-bond donors (Lipinski definition) is 2. The van der Waals surface area contributed by atoms with Gasteiger partial charge in [0.15, 0.2) is 0 Å². The Labute approximate surface area is 102 Å². The molecule has 0 saturated heterocycles. The molecule has 3 nitrogen and oxygen atoms in total. The maximum absolute atomic E-state index is 12.5. The van der Waals surface area contributed by atoms with E-state index in [1.807, 2.05) is 0 Å². The third-order valence-corrected chi connectivity index (χ3v) is 2.23. The van der Waals surface area contributed by atoms with Crippen molar-refractivity contribution in [2.24, 2.45) is 0 Å². The number of hydrogen-bond acceptors (Lipinski definition) is 2. The Kier molecular flexibility index (Phi) is 4.49. The topological polar surface area (TPSA) is 49.3 Å². The Morgan fingerprint density at radius 2 is 2.11 bits per heavy atom. The minimum absolute atomic E-state index is 0.0348. The fourth-order valence-electron chi connectivity index (χ4n) is 1.38. The molecule has 98 valence electrons. The molecule has 18 heavy (non-hydrogen) atoms. The maximum Gasteiger partial charge on any atom is 0.416 e. The largest absolute Gasteiger partial charge is 0.478 e. The molecular formula is C12H12F3NO2. The number of likely N-dealkylation sites (N-methyl/N-ethyl adjacent to an activating group) is 1. The van der Waals surface area contributed by atoms with E-state index in [9.17, 15) is 18.0 Å². The van der Waals surface area contributed by atoms with Gasteiger partial charge in [0, 0.05) is 6.54 Å². The molecule has 2 N–H and O–H groups in total. The van der Waals surface area contributed by atoms with Crippen LogP contribution >= 0.6 is 0 Å². The highest BCUT2D eigenvalue weighted by atomic mass is 19.4. The third kappa shape index (κ3) is 3.59. The Morgan fingerprint density at radius 1 is 1.44 bits per heavy atom. The summed E-state index contributed by atoms with van der Waals surface area (Å²) in [6, 6.07) is 2.55. The van der Waals surface area contributed by atoms with Crippen LogP contribution in [0.25, 0.3) is 6.08 Å². The van der Waals surface area contributed by atoms with Crippen LogP contribution in [0.1, 0.15) is 21.5 Å². The third-order valence-electron chi connectivity index (χ3n) is 2.23. The monoisotopic (exact) mass is 259 g/mol. The van der Waals surface area contributed by atoms with Crippen molar-refractivity contribution < 1.29 is 23.1 Å². The van der Waals surface area contributed by atoms with Crippen LogP contribution in [0.4, 0.5) is 13.2 Å². The van der Waals surface area contributed by atoms with Gasteiger partial charge in [0.25, 0.3) is 0 Å². The summed E-state index contributed by atoms with van der Waals surface area (Å²) in [5.41, 5.74) is -0.987. The highest BCUT2D eigenvalue weighted by Gasteiger charge is 2.31. The van der Waals surface area contributed by atoms with Crippen LogP contribution in [-0.2, 0) is 6.18 Å². The molecule has 1 aromatic carbocycles. The second-order valence-corrected chi connectivity index (χ2v) is 3.56. The van der Waals surface area contributed by atoms with Crippen molar-refractivity contribution in [3.63, 3.8) is 0 Å². The molecule has 0 bridgehead atoms. The van der Waals surface area contributed by atoms with E-state index in [-0.39, 0.29) is 11.1 Å². The number of carbonyl (C=O) groups is 1. The molecule has 0 fully saturated rings. The first kappa shape index (κ1) is 14.2. The van der Waals surface area contributed by atoms with Gasteiger partial charge >= 0.3 is 12.1 Å². The number of alkyl halides is 3. The molecule has 0 aliphatic heterocycles. The van der Waals surface area contributed by atoms with Gasteiger partial charge in [-0.25, -0.2) is 4.79 Å². The minimum atomic E-state index is -4.48. The number of halogens is 3. The predicted molar refractivity (Wildman–Crippen MR) is 61.4 cm³/mol. The van der Waals surface area contributed by atoms with E-state index in [0.29, 0.717) is 6.54 Å². The van der Waals surface area contributed by atoms with Crippen LogP contribution < -0.4 is 5.32 Å². The summed E-state index contributed by atoms with van der Waals surface area (Å²) in [4.78, 5) is 10.9. The van der Waals surface area contributed by atoms with E-state index in [0.717, 1.165) is 18.2 Å². The first-order chi connectivity index (χ1) is 8.36. The van der Waals surface area contributed by atoms with E-state index in [2.05, 4.69) is 5.32 Å². The SMILES string of the molecule is CNCC=Cc1cc(C(F)(F)F)ccc1C(=O)O. The van der Waals surface area contributed by atoms with E-state index in [1.165, 1.54) is 6.08 Å². The molecule has 0 amide bonds. The Morgan fingerprint density at radius 3 is 2.61 bits per heavy atom. The zero-order valence-electron chi connectivity index (χ0n) is 9.58. The first-order valence-corrected chi connectivity index (χ1v) is 5.12. The summed E-state index contributed by atoms with van der Waals surface area (Å²) in [5.74, 6) is -1.26. The van der Waals surface area contributed by atoms with Crippen molar-refractivity contribution in [3.8, 4) is 0 Å². The smallest absolute Gasteiger partial charge is 0.416 e. The zero-order chi connectivity index (χ0) is 13.8. The molecule has 0 atom stereocenters. The molecular weight excluding hydrogens is 247 g/mol. The van der Waals surface area contributed by atoms with Crippen molar-refractivity contribution in [1.82, 2.24) is 5.32 Å². The number of nitrogens with one attached hydrogen (secondary N) is 1. The standard InChI is InChI=1S/C12H12F3NO2/c1-16-6-2-3-8-7-9(12(13,14)15)4-5-10(8)11(17)18/h2-5,7,16H,6H2,1H3,(H,17,18). The maximum atomic E-state index is 12.5. The lowest BCUT2D eigenvalue weighted by Crippen LogP contribution is -2.08. The summed E-state index contributed by atoms with van der Waals surface area (Å²) in [7, 11) is 1.68. The molecule has 6 heteroatoms. The van der Waals surface area contributed by atoms with Crippen LogP contribution in [0, 0.1) is 0 Å². The second-order valence-electron chi connectivity index (χ2n) is 3.56. The Hall–Kier alpha value is -1.82. The van der Waals surface area contributed by atoms with E-state index in [4.69, 9.17) is 5.11 Å². The molecule has 1 aromatic rings. The van der Waals surface area contributed by atoms with Crippen molar-refractivity contribution in [1.29, 1.82) is 0 Å². The fourth-order valence-corrected chi connectivity index (χ4v) is 1.38. The van der Waals surface area contributed by atoms with Gasteiger partial charge in [-0.2, -0.15) is 13.2 Å². The van der Waals surface area contributed by atoms with Crippen LogP contribution in [0.2, 0.25) is 0 Å². The fraction of sp³-hybridized carbons (Fsp3) is 0.250. The van der Waals surface area contributed by atoms with Crippen LogP contribution in [0.5, 0.6) is 0 Å². The van der Waals surface area contributed by atoms with E-state index >= 15 is 0 Å². The summed E-state index contributed by atoms with van der Waals surface area (Å²) >= 11 is 0. The highest BCUT2D eigenvalue weighted by Crippen LogP contribution is 2.30. The van der Waals surface area contributed by atoms with E-state index < -0.39 is 17.7 Å². The molecule has 0 aliphatic rings. The van der Waals surface area contributed by atoms with Gasteiger partial charge in [-0.05, 0) is 30.8 Å². The lowest BCUT2D eigenvalue weighted by molar-refractivity contribution is -0.137. The molecule has 0 aliphatic carbocycles. The van der Waals surface area contributed by atoms with Crippen molar-refractivity contribution in [2.45, 2.75) is 6.18 Å². The van der Waals surface area contributed by atoms with Crippen LogP contribution in [-0.4, -0.2) is 24.7 Å². The van der Waals surface area contributed by atoms with Crippen LogP contribution in [0.15, 0.2) is 24.3 Å². The van der Waals surface area contributed by atoms with Gasteiger partial charge in [0.05, 0.1) is 11.1 Å². The predicted octanol–water partition coefficient (Wildman–Crippen LogP) is 2.64. The van der Waals surface area contributed by atoms with Crippen molar-refractivity contribution in [3.05, 3.63) is 41.0 Å². The van der Waals surface area contributed by atoms with Gasteiger partial charge in [0.1, 0.15) is 0 Å². The van der Waals surface area contributed by atoms with Gasteiger partial charge < -0.3 is 10.4 Å². The minimum Gasteiger partial charge on any atom is -0.478 e. The summed E-state index contributed by atoms with van der Waals surface area (Å²) in [6.07, 6.45) is -1.57. The number of aromatic carboxylic acids is 1. The van der Waals surface area contributed by atoms with Gasteiger partial charge in [-0.1, -0.05) is 12.2 Å². The van der Waals surface area contributed by atoms with Crippen molar-refractivity contribution in [2.75, 3.05) is 13.6 Å². The highest BCUT2D eigenvalue weighted by molar-refractivity contribution is 5.92. The van der Waals surface area contributed by atoms with Crippen molar-refractivity contribution >= 4 is 12.0 Å². The first-order valence-electron chi connectivity index (χ1n) is 5.12. The number of rotatable bonds is 4. The quantitative estimate of drug-likeness (QED) is 0.873. The second kappa shape index (κ2) is 5.68. The molecule has 0 spiro atoms.